The van der Waals surface area contributed by atoms with Gasteiger partial charge in [-0.25, -0.2) is 0 Å². The van der Waals surface area contributed by atoms with E-state index >= 15 is 0 Å². The SMILES string of the molecule is c1cnc2cc(-c3ccc(-c4ccc(N(c5ccc6cc7c(cc6c5)oc5ccccc57)c5ccc6cc7c(cc6c5)oc5ccccc57)cc4)cc3)ccc2c1. The van der Waals surface area contributed by atoms with E-state index in [1.54, 1.807) is 0 Å². The highest BCUT2D eigenvalue weighted by Crippen LogP contribution is 2.41. The summed E-state index contributed by atoms with van der Waals surface area (Å²) in [6.45, 7) is 0. The van der Waals surface area contributed by atoms with Gasteiger partial charge in [-0.2, -0.15) is 0 Å². The molecule has 0 aliphatic carbocycles. The summed E-state index contributed by atoms with van der Waals surface area (Å²) in [5, 5.41) is 10.3. The van der Waals surface area contributed by atoms with E-state index in [2.05, 4.69) is 168 Å². The Morgan fingerprint density at radius 2 is 0.807 bits per heavy atom. The third-order valence-electron chi connectivity index (χ3n) is 11.4. The van der Waals surface area contributed by atoms with Gasteiger partial charge in [0, 0.05) is 50.2 Å². The van der Waals surface area contributed by atoms with Crippen LogP contribution in [0.3, 0.4) is 0 Å². The zero-order valence-corrected chi connectivity index (χ0v) is 30.7. The smallest absolute Gasteiger partial charge is 0.136 e. The predicted molar refractivity (Wildman–Crippen MR) is 237 cm³/mol. The van der Waals surface area contributed by atoms with E-state index in [1.165, 1.54) is 16.3 Å². The van der Waals surface area contributed by atoms with Crippen LogP contribution in [0.15, 0.2) is 203 Å². The van der Waals surface area contributed by atoms with Gasteiger partial charge in [0.2, 0.25) is 0 Å². The number of para-hydroxylation sites is 2. The molecule has 0 spiro atoms. The molecule has 0 amide bonds. The molecule has 0 aliphatic rings. The van der Waals surface area contributed by atoms with Gasteiger partial charge < -0.3 is 13.7 Å². The van der Waals surface area contributed by atoms with Crippen molar-refractivity contribution in [2.45, 2.75) is 0 Å². The van der Waals surface area contributed by atoms with E-state index in [1.807, 2.05) is 36.5 Å². The van der Waals surface area contributed by atoms with Crippen LogP contribution in [0, 0.1) is 0 Å². The molecule has 12 rings (SSSR count). The van der Waals surface area contributed by atoms with E-state index in [0.29, 0.717) is 0 Å². The van der Waals surface area contributed by atoms with Gasteiger partial charge in [-0.05, 0) is 129 Å². The number of hydrogen-bond donors (Lipinski definition) is 0. The summed E-state index contributed by atoms with van der Waals surface area (Å²) in [5.41, 5.74) is 12.4. The van der Waals surface area contributed by atoms with E-state index in [0.717, 1.165) is 99.3 Å². The number of furan rings is 2. The molecule has 0 N–H and O–H groups in total. The van der Waals surface area contributed by atoms with Crippen molar-refractivity contribution in [2.24, 2.45) is 0 Å². The van der Waals surface area contributed by atoms with Crippen molar-refractivity contribution < 1.29 is 8.83 Å². The summed E-state index contributed by atoms with van der Waals surface area (Å²) >= 11 is 0. The van der Waals surface area contributed by atoms with Crippen LogP contribution in [0.5, 0.6) is 0 Å². The van der Waals surface area contributed by atoms with E-state index < -0.39 is 0 Å². The maximum atomic E-state index is 6.31. The average Bonchev–Trinajstić information content (AvgIpc) is 3.82. The fourth-order valence-corrected chi connectivity index (χ4v) is 8.54. The third kappa shape index (κ3) is 5.26. The minimum Gasteiger partial charge on any atom is -0.456 e. The molecule has 4 nitrogen and oxygen atoms in total. The van der Waals surface area contributed by atoms with Crippen molar-refractivity contribution in [1.82, 2.24) is 4.98 Å². The second-order valence-corrected chi connectivity index (χ2v) is 14.8. The minimum atomic E-state index is 0.889. The molecule has 3 aromatic heterocycles. The Morgan fingerprint density at radius 1 is 0.316 bits per heavy atom. The van der Waals surface area contributed by atoms with Gasteiger partial charge in [-0.3, -0.25) is 4.98 Å². The van der Waals surface area contributed by atoms with Crippen LogP contribution >= 0.6 is 0 Å². The molecule has 0 aliphatic heterocycles. The number of fused-ring (bicyclic) bond motifs is 9. The summed E-state index contributed by atoms with van der Waals surface area (Å²) in [6.07, 6.45) is 1.85. The number of nitrogens with zero attached hydrogens (tertiary/aromatic N) is 2. The second kappa shape index (κ2) is 12.4. The molecule has 4 heteroatoms. The second-order valence-electron chi connectivity index (χ2n) is 14.8. The normalized spacial score (nSPS) is 11.9. The highest BCUT2D eigenvalue weighted by atomic mass is 16.3. The zero-order chi connectivity index (χ0) is 37.5. The van der Waals surface area contributed by atoms with Gasteiger partial charge in [-0.15, -0.1) is 0 Å². The topological polar surface area (TPSA) is 42.4 Å². The Morgan fingerprint density at radius 3 is 1.40 bits per heavy atom. The van der Waals surface area contributed by atoms with Crippen molar-refractivity contribution in [2.75, 3.05) is 4.90 Å². The van der Waals surface area contributed by atoms with Gasteiger partial charge in [0.05, 0.1) is 5.52 Å². The van der Waals surface area contributed by atoms with E-state index in [4.69, 9.17) is 8.83 Å². The maximum absolute atomic E-state index is 6.31. The zero-order valence-electron chi connectivity index (χ0n) is 30.7. The highest BCUT2D eigenvalue weighted by Gasteiger charge is 2.17. The van der Waals surface area contributed by atoms with Gasteiger partial charge >= 0.3 is 0 Å². The van der Waals surface area contributed by atoms with Crippen LogP contribution < -0.4 is 4.90 Å². The number of benzene rings is 9. The molecule has 12 aromatic rings. The lowest BCUT2D eigenvalue weighted by molar-refractivity contribution is 0.669. The van der Waals surface area contributed by atoms with Crippen molar-refractivity contribution in [3.63, 3.8) is 0 Å². The summed E-state index contributed by atoms with van der Waals surface area (Å²) in [5.74, 6) is 0. The Labute approximate surface area is 327 Å². The van der Waals surface area contributed by atoms with Gasteiger partial charge in [0.25, 0.3) is 0 Å². The highest BCUT2D eigenvalue weighted by molar-refractivity contribution is 6.12. The first-order chi connectivity index (χ1) is 28.2. The molecule has 3 heterocycles. The molecule has 0 fully saturated rings. The molecule has 0 bridgehead atoms. The Bertz CT molecular complexity index is 3370. The van der Waals surface area contributed by atoms with Crippen molar-refractivity contribution in [3.8, 4) is 22.3 Å². The largest absolute Gasteiger partial charge is 0.456 e. The Balaban J connectivity index is 0.956. The number of aromatic nitrogens is 1. The number of anilines is 3. The molecule has 0 unspecified atom stereocenters. The molecule has 0 saturated carbocycles. The molecule has 0 saturated heterocycles. The van der Waals surface area contributed by atoms with Crippen LogP contribution in [0.2, 0.25) is 0 Å². The first kappa shape index (κ1) is 31.6. The maximum Gasteiger partial charge on any atom is 0.136 e. The van der Waals surface area contributed by atoms with Crippen molar-refractivity contribution >= 4 is 93.4 Å². The fraction of sp³-hybridized carbons (Fsp3) is 0. The third-order valence-corrected chi connectivity index (χ3v) is 11.4. The quantitative estimate of drug-likeness (QED) is 0.177. The van der Waals surface area contributed by atoms with Crippen molar-refractivity contribution in [3.05, 3.63) is 194 Å². The molecule has 0 atom stereocenters. The predicted octanol–water partition coefficient (Wildman–Crippen LogP) is 15.1. The van der Waals surface area contributed by atoms with Gasteiger partial charge in [0.1, 0.15) is 22.3 Å². The Kier molecular flexibility index (Phi) is 6.89. The van der Waals surface area contributed by atoms with Crippen LogP contribution in [0.4, 0.5) is 17.1 Å². The van der Waals surface area contributed by atoms with Crippen LogP contribution in [-0.4, -0.2) is 4.98 Å². The first-order valence-electron chi connectivity index (χ1n) is 19.2. The molecular formula is C53H32N2O2. The van der Waals surface area contributed by atoms with E-state index in [-0.39, 0.29) is 0 Å². The van der Waals surface area contributed by atoms with Crippen molar-refractivity contribution in [1.29, 1.82) is 0 Å². The molecule has 266 valence electrons. The number of hydrogen-bond acceptors (Lipinski definition) is 4. The van der Waals surface area contributed by atoms with Crippen LogP contribution in [0.25, 0.3) is 98.6 Å². The Hall–Kier alpha value is -7.69. The molecular weight excluding hydrogens is 697 g/mol. The lowest BCUT2D eigenvalue weighted by Crippen LogP contribution is -2.09. The summed E-state index contributed by atoms with van der Waals surface area (Å²) in [7, 11) is 0. The van der Waals surface area contributed by atoms with Gasteiger partial charge in [0.15, 0.2) is 0 Å². The summed E-state index contributed by atoms with van der Waals surface area (Å²) in [4.78, 5) is 6.89. The van der Waals surface area contributed by atoms with Crippen LogP contribution in [-0.2, 0) is 0 Å². The first-order valence-corrected chi connectivity index (χ1v) is 19.2. The summed E-state index contributed by atoms with van der Waals surface area (Å²) < 4.78 is 12.6. The molecule has 0 radical (unpaired) electrons. The van der Waals surface area contributed by atoms with E-state index in [9.17, 15) is 0 Å². The molecule has 57 heavy (non-hydrogen) atoms. The number of pyridine rings is 1. The lowest BCUT2D eigenvalue weighted by atomic mass is 9.99. The summed E-state index contributed by atoms with van der Waals surface area (Å²) in [6, 6.07) is 67.0. The standard InChI is InChI=1S/C53H32N2O2/c1-3-9-50-45(7-1)47-28-37-19-23-43(26-40(37)31-52(47)56-50)55(44-24-20-38-29-48-46-8-2-4-10-51(46)57-53(48)32-41(38)27-44)42-21-17-34(18-22-42)33-11-13-35(14-12-33)39-16-15-36-6-5-25-54-49(36)30-39/h1-32H. The molecule has 9 aromatic carbocycles. The van der Waals surface area contributed by atoms with Gasteiger partial charge in [-0.1, -0.05) is 103 Å². The monoisotopic (exact) mass is 728 g/mol. The number of rotatable bonds is 5. The lowest BCUT2D eigenvalue weighted by Gasteiger charge is -2.26. The fourth-order valence-electron chi connectivity index (χ4n) is 8.54. The van der Waals surface area contributed by atoms with Crippen LogP contribution in [0.1, 0.15) is 0 Å². The average molecular weight is 729 g/mol. The minimum absolute atomic E-state index is 0.889.